The van der Waals surface area contributed by atoms with Crippen molar-refractivity contribution in [2.45, 2.75) is 32.2 Å². The molecule has 0 saturated carbocycles. The molecule has 80 valence electrons. The molecule has 1 aliphatic heterocycles. The Bertz CT molecular complexity index is 344. The summed E-state index contributed by atoms with van der Waals surface area (Å²) in [6, 6.07) is 0.382. The Kier molecular flexibility index (Phi) is 3.22. The third-order valence-electron chi connectivity index (χ3n) is 3.25. The van der Waals surface area contributed by atoms with Crippen LogP contribution < -0.4 is 5.32 Å². The minimum atomic E-state index is 0.382. The molecule has 15 heavy (non-hydrogen) atoms. The van der Waals surface area contributed by atoms with E-state index < -0.39 is 0 Å². The van der Waals surface area contributed by atoms with Gasteiger partial charge in [-0.05, 0) is 42.9 Å². The van der Waals surface area contributed by atoms with Crippen LogP contribution in [-0.4, -0.2) is 12.6 Å². The molecule has 0 spiro atoms. The van der Waals surface area contributed by atoms with Crippen LogP contribution >= 0.6 is 0 Å². The Morgan fingerprint density at radius 2 is 2.27 bits per heavy atom. The summed E-state index contributed by atoms with van der Waals surface area (Å²) < 4.78 is 0. The highest BCUT2D eigenvalue weighted by atomic mass is 14.9. The van der Waals surface area contributed by atoms with Gasteiger partial charge in [-0.1, -0.05) is 30.9 Å². The maximum Gasteiger partial charge on any atom is 0.0572 e. The van der Waals surface area contributed by atoms with Gasteiger partial charge in [0, 0.05) is 6.54 Å². The van der Waals surface area contributed by atoms with E-state index in [0.717, 1.165) is 6.54 Å². The van der Waals surface area contributed by atoms with Crippen LogP contribution in [0.25, 0.3) is 0 Å². The zero-order chi connectivity index (χ0) is 10.7. The van der Waals surface area contributed by atoms with Crippen LogP contribution in [0.5, 0.6) is 0 Å². The summed E-state index contributed by atoms with van der Waals surface area (Å²) in [5, 5.41) is 3.57. The lowest BCUT2D eigenvalue weighted by atomic mass is 9.83. The molecule has 1 atom stereocenters. The van der Waals surface area contributed by atoms with Crippen molar-refractivity contribution in [2.75, 3.05) is 6.54 Å². The van der Waals surface area contributed by atoms with Gasteiger partial charge in [0.2, 0.25) is 0 Å². The summed E-state index contributed by atoms with van der Waals surface area (Å²) in [7, 11) is 0. The van der Waals surface area contributed by atoms with E-state index in [1.807, 2.05) is 6.08 Å². The number of rotatable bonds is 2. The van der Waals surface area contributed by atoms with E-state index >= 15 is 0 Å². The van der Waals surface area contributed by atoms with E-state index in [-0.39, 0.29) is 0 Å². The second kappa shape index (κ2) is 4.63. The summed E-state index contributed by atoms with van der Waals surface area (Å²) in [6.45, 7) is 7.06. The van der Waals surface area contributed by atoms with Crippen molar-refractivity contribution >= 4 is 0 Å². The molecular formula is C14H19N. The Morgan fingerprint density at radius 3 is 3.00 bits per heavy atom. The fraction of sp³-hybridized carbons (Fsp3) is 0.429. The van der Waals surface area contributed by atoms with Gasteiger partial charge in [0.1, 0.15) is 0 Å². The molecule has 2 rings (SSSR count). The summed E-state index contributed by atoms with van der Waals surface area (Å²) in [6.07, 6.45) is 12.5. The van der Waals surface area contributed by atoms with Crippen LogP contribution in [0.1, 0.15) is 26.2 Å². The maximum absolute atomic E-state index is 3.89. The average Bonchev–Trinajstić information content (AvgIpc) is 2.31. The molecule has 1 unspecified atom stereocenters. The minimum absolute atomic E-state index is 0.382. The number of nitrogens with one attached hydrogen (secondary N) is 1. The number of fused-ring (bicyclic) bond motifs is 1. The van der Waals surface area contributed by atoms with Crippen LogP contribution in [0.15, 0.2) is 47.6 Å². The zero-order valence-corrected chi connectivity index (χ0v) is 9.42. The molecule has 0 radical (unpaired) electrons. The number of hydrogen-bond donors (Lipinski definition) is 1. The Balaban J connectivity index is 2.29. The predicted molar refractivity (Wildman–Crippen MR) is 65.8 cm³/mol. The standard InChI is InChI=1S/C14H19N/c1-3-11(4-2)14-13-8-6-5-7-12(13)9-10-15-14/h3-4,7-8,14-15H,1,5-6,9-10H2,2H3/b11-4+. The fourth-order valence-electron chi connectivity index (χ4n) is 2.46. The number of piperidine rings is 1. The molecule has 0 aromatic heterocycles. The first-order valence-electron chi connectivity index (χ1n) is 5.78. The monoisotopic (exact) mass is 201 g/mol. The molecule has 2 aliphatic rings. The van der Waals surface area contributed by atoms with Gasteiger partial charge in [-0.2, -0.15) is 0 Å². The first-order valence-corrected chi connectivity index (χ1v) is 5.78. The van der Waals surface area contributed by atoms with E-state index in [1.165, 1.54) is 30.4 Å². The average molecular weight is 201 g/mol. The Morgan fingerprint density at radius 1 is 1.47 bits per heavy atom. The van der Waals surface area contributed by atoms with E-state index in [1.54, 1.807) is 5.57 Å². The van der Waals surface area contributed by atoms with Gasteiger partial charge in [0.25, 0.3) is 0 Å². The van der Waals surface area contributed by atoms with E-state index in [0.29, 0.717) is 6.04 Å². The molecule has 0 aromatic carbocycles. The SMILES string of the molecule is C=C/C(=C\C)C1NCCC2=CCCC=C21. The maximum atomic E-state index is 3.89. The largest absolute Gasteiger partial charge is 0.306 e. The second-order valence-electron chi connectivity index (χ2n) is 4.10. The highest BCUT2D eigenvalue weighted by Gasteiger charge is 2.24. The number of allylic oxidation sites excluding steroid dienone is 3. The smallest absolute Gasteiger partial charge is 0.0572 e. The van der Waals surface area contributed by atoms with Crippen molar-refractivity contribution in [3.63, 3.8) is 0 Å². The van der Waals surface area contributed by atoms with Crippen molar-refractivity contribution in [3.05, 3.63) is 47.6 Å². The van der Waals surface area contributed by atoms with Crippen LogP contribution in [0.4, 0.5) is 0 Å². The van der Waals surface area contributed by atoms with Crippen molar-refractivity contribution in [2.24, 2.45) is 0 Å². The van der Waals surface area contributed by atoms with Gasteiger partial charge >= 0.3 is 0 Å². The van der Waals surface area contributed by atoms with Gasteiger partial charge in [-0.25, -0.2) is 0 Å². The summed E-state index contributed by atoms with van der Waals surface area (Å²) in [4.78, 5) is 0. The summed E-state index contributed by atoms with van der Waals surface area (Å²) in [5.41, 5.74) is 4.33. The fourth-order valence-corrected chi connectivity index (χ4v) is 2.46. The predicted octanol–water partition coefficient (Wildman–Crippen LogP) is 3.13. The lowest BCUT2D eigenvalue weighted by molar-refractivity contribution is 0.586. The molecule has 1 heteroatoms. The first-order chi connectivity index (χ1) is 7.36. The molecule has 1 nitrogen and oxygen atoms in total. The molecular weight excluding hydrogens is 182 g/mol. The third kappa shape index (κ3) is 1.98. The quantitative estimate of drug-likeness (QED) is 0.677. The van der Waals surface area contributed by atoms with E-state index in [9.17, 15) is 0 Å². The van der Waals surface area contributed by atoms with Crippen LogP contribution in [0, 0.1) is 0 Å². The van der Waals surface area contributed by atoms with Crippen molar-refractivity contribution in [3.8, 4) is 0 Å². The molecule has 1 aliphatic carbocycles. The van der Waals surface area contributed by atoms with Gasteiger partial charge in [0.05, 0.1) is 6.04 Å². The normalized spacial score (nSPS) is 26.5. The molecule has 0 aromatic rings. The van der Waals surface area contributed by atoms with Crippen molar-refractivity contribution in [1.29, 1.82) is 0 Å². The van der Waals surface area contributed by atoms with E-state index in [4.69, 9.17) is 0 Å². The molecule has 1 heterocycles. The molecule has 0 bridgehead atoms. The lowest BCUT2D eigenvalue weighted by Gasteiger charge is -2.32. The highest BCUT2D eigenvalue weighted by molar-refractivity contribution is 5.47. The second-order valence-corrected chi connectivity index (χ2v) is 4.10. The Hall–Kier alpha value is -1.08. The van der Waals surface area contributed by atoms with Gasteiger partial charge < -0.3 is 5.32 Å². The lowest BCUT2D eigenvalue weighted by Crippen LogP contribution is -2.38. The van der Waals surface area contributed by atoms with Crippen LogP contribution in [-0.2, 0) is 0 Å². The van der Waals surface area contributed by atoms with E-state index in [2.05, 4.69) is 37.0 Å². The first kappa shape index (κ1) is 10.4. The van der Waals surface area contributed by atoms with Crippen molar-refractivity contribution in [1.82, 2.24) is 5.32 Å². The zero-order valence-electron chi connectivity index (χ0n) is 9.42. The van der Waals surface area contributed by atoms with Crippen LogP contribution in [0.2, 0.25) is 0 Å². The molecule has 1 N–H and O–H groups in total. The molecule has 1 fully saturated rings. The highest BCUT2D eigenvalue weighted by Crippen LogP contribution is 2.30. The topological polar surface area (TPSA) is 12.0 Å². The van der Waals surface area contributed by atoms with Crippen molar-refractivity contribution < 1.29 is 0 Å². The molecule has 0 amide bonds. The van der Waals surface area contributed by atoms with Gasteiger partial charge in [0.15, 0.2) is 0 Å². The minimum Gasteiger partial charge on any atom is -0.306 e. The van der Waals surface area contributed by atoms with Gasteiger partial charge in [-0.3, -0.25) is 0 Å². The summed E-state index contributed by atoms with van der Waals surface area (Å²) in [5.74, 6) is 0. The third-order valence-corrected chi connectivity index (χ3v) is 3.25. The van der Waals surface area contributed by atoms with Crippen LogP contribution in [0.3, 0.4) is 0 Å². The Labute approximate surface area is 92.3 Å². The summed E-state index contributed by atoms with van der Waals surface area (Å²) >= 11 is 0. The van der Waals surface area contributed by atoms with Gasteiger partial charge in [-0.15, -0.1) is 0 Å². The number of hydrogen-bond acceptors (Lipinski definition) is 1. The molecule has 1 saturated heterocycles.